The third-order valence-electron chi connectivity index (χ3n) is 2.90. The van der Waals surface area contributed by atoms with Gasteiger partial charge < -0.3 is 14.8 Å². The molecule has 20 heavy (non-hydrogen) atoms. The Labute approximate surface area is 122 Å². The smallest absolute Gasteiger partial charge is 0.225 e. The summed E-state index contributed by atoms with van der Waals surface area (Å²) in [4.78, 5) is 11.7. The zero-order chi connectivity index (χ0) is 14.8. The minimum absolute atomic E-state index is 0.0961. The molecule has 0 aliphatic rings. The first-order valence-electron chi connectivity index (χ1n) is 6.46. The molecule has 0 fully saturated rings. The van der Waals surface area contributed by atoms with E-state index in [1.807, 2.05) is 43.7 Å². The number of aliphatic hydroxyl groups excluding tert-OH is 1. The van der Waals surface area contributed by atoms with E-state index in [0.717, 1.165) is 11.3 Å². The number of carbonyl (C=O) groups is 1. The molecule has 2 N–H and O–H groups in total. The molecule has 0 aliphatic carbocycles. The Morgan fingerprint density at radius 2 is 2.15 bits per heavy atom. The van der Waals surface area contributed by atoms with Crippen LogP contribution in [0.25, 0.3) is 11.3 Å². The van der Waals surface area contributed by atoms with Crippen LogP contribution >= 0.6 is 11.3 Å². The lowest BCUT2D eigenvalue weighted by Gasteiger charge is -2.18. The number of carbonyl (C=O) groups excluding carboxylic acids is 1. The summed E-state index contributed by atoms with van der Waals surface area (Å²) >= 11 is 1.59. The molecule has 0 saturated carbocycles. The Balaban J connectivity index is 1.97. The standard InChI is InChI=1S/C15H19NO3S/c1-15(2,3)14(18)16-8-11(17)13-5-4-12(19-13)10-6-7-20-9-10/h4-7,9,11,17H,8H2,1-3H3,(H,16,18)/t11-/m0/s1. The topological polar surface area (TPSA) is 62.5 Å². The Morgan fingerprint density at radius 1 is 1.40 bits per heavy atom. The molecule has 0 spiro atoms. The average molecular weight is 293 g/mol. The predicted molar refractivity (Wildman–Crippen MR) is 79.4 cm³/mol. The summed E-state index contributed by atoms with van der Waals surface area (Å²) in [7, 11) is 0. The maximum Gasteiger partial charge on any atom is 0.225 e. The summed E-state index contributed by atoms with van der Waals surface area (Å²) in [6.07, 6.45) is -0.839. The first-order valence-corrected chi connectivity index (χ1v) is 7.41. The van der Waals surface area contributed by atoms with Gasteiger partial charge in [-0.3, -0.25) is 4.79 Å². The molecule has 0 bridgehead atoms. The molecule has 0 aliphatic heterocycles. The molecule has 2 aromatic heterocycles. The third-order valence-corrected chi connectivity index (χ3v) is 3.58. The molecule has 0 saturated heterocycles. The number of rotatable bonds is 4. The number of hydrogen-bond acceptors (Lipinski definition) is 4. The first kappa shape index (κ1) is 14.8. The summed E-state index contributed by atoms with van der Waals surface area (Å²) < 4.78 is 5.61. The second kappa shape index (κ2) is 5.81. The fourth-order valence-electron chi connectivity index (χ4n) is 1.65. The van der Waals surface area contributed by atoms with Crippen molar-refractivity contribution in [3.63, 3.8) is 0 Å². The first-order chi connectivity index (χ1) is 9.38. The van der Waals surface area contributed by atoms with Crippen LogP contribution in [0.4, 0.5) is 0 Å². The monoisotopic (exact) mass is 293 g/mol. The number of aliphatic hydroxyl groups is 1. The highest BCUT2D eigenvalue weighted by Crippen LogP contribution is 2.27. The van der Waals surface area contributed by atoms with Crippen LogP contribution in [0.1, 0.15) is 32.6 Å². The van der Waals surface area contributed by atoms with E-state index in [1.54, 1.807) is 17.4 Å². The SMILES string of the molecule is CC(C)(C)C(=O)NC[C@H](O)c1ccc(-c2ccsc2)o1. The van der Waals surface area contributed by atoms with Gasteiger partial charge in [0.2, 0.25) is 5.91 Å². The van der Waals surface area contributed by atoms with Crippen molar-refractivity contribution in [2.24, 2.45) is 5.41 Å². The van der Waals surface area contributed by atoms with Crippen LogP contribution in [-0.2, 0) is 4.79 Å². The van der Waals surface area contributed by atoms with Gasteiger partial charge in [-0.05, 0) is 23.6 Å². The van der Waals surface area contributed by atoms with Crippen LogP contribution in [0, 0.1) is 5.41 Å². The van der Waals surface area contributed by atoms with Gasteiger partial charge >= 0.3 is 0 Å². The minimum atomic E-state index is -0.839. The number of hydrogen-bond donors (Lipinski definition) is 2. The van der Waals surface area contributed by atoms with E-state index in [1.165, 1.54) is 0 Å². The Bertz CT molecular complexity index is 566. The summed E-state index contributed by atoms with van der Waals surface area (Å²) in [5.74, 6) is 1.09. The van der Waals surface area contributed by atoms with Crippen LogP contribution in [0.15, 0.2) is 33.4 Å². The molecule has 5 heteroatoms. The van der Waals surface area contributed by atoms with E-state index in [9.17, 15) is 9.90 Å². The van der Waals surface area contributed by atoms with Crippen molar-refractivity contribution in [1.29, 1.82) is 0 Å². The highest BCUT2D eigenvalue weighted by molar-refractivity contribution is 7.08. The lowest BCUT2D eigenvalue weighted by atomic mass is 9.95. The summed E-state index contributed by atoms with van der Waals surface area (Å²) in [6, 6.07) is 5.52. The third kappa shape index (κ3) is 3.49. The predicted octanol–water partition coefficient (Wildman–Crippen LogP) is 3.20. The van der Waals surface area contributed by atoms with Gasteiger partial charge in [-0.1, -0.05) is 20.8 Å². The van der Waals surface area contributed by atoms with Gasteiger partial charge in [-0.25, -0.2) is 0 Å². The largest absolute Gasteiger partial charge is 0.458 e. The van der Waals surface area contributed by atoms with Gasteiger partial charge in [-0.2, -0.15) is 11.3 Å². The molecule has 4 nitrogen and oxygen atoms in total. The fraction of sp³-hybridized carbons (Fsp3) is 0.400. The van der Waals surface area contributed by atoms with Gasteiger partial charge in [0.1, 0.15) is 17.6 Å². The summed E-state index contributed by atoms with van der Waals surface area (Å²) in [6.45, 7) is 5.63. The van der Waals surface area contributed by atoms with Crippen LogP contribution in [-0.4, -0.2) is 17.6 Å². The molecular weight excluding hydrogens is 274 g/mol. The summed E-state index contributed by atoms with van der Waals surface area (Å²) in [5, 5.41) is 16.7. The average Bonchev–Trinajstić information content (AvgIpc) is 3.03. The minimum Gasteiger partial charge on any atom is -0.458 e. The summed E-state index contributed by atoms with van der Waals surface area (Å²) in [5.41, 5.74) is 0.525. The zero-order valence-corrected chi connectivity index (χ0v) is 12.7. The van der Waals surface area contributed by atoms with Gasteiger partial charge in [-0.15, -0.1) is 0 Å². The van der Waals surface area contributed by atoms with Crippen molar-refractivity contribution in [2.45, 2.75) is 26.9 Å². The fourth-order valence-corrected chi connectivity index (χ4v) is 2.29. The second-order valence-corrected chi connectivity index (χ2v) is 6.47. The van der Waals surface area contributed by atoms with E-state index in [2.05, 4.69) is 5.32 Å². The highest BCUT2D eigenvalue weighted by Gasteiger charge is 2.22. The lowest BCUT2D eigenvalue weighted by molar-refractivity contribution is -0.129. The Hall–Kier alpha value is -1.59. The number of nitrogens with one attached hydrogen (secondary N) is 1. The molecule has 108 valence electrons. The number of thiophene rings is 1. The van der Waals surface area contributed by atoms with Crippen molar-refractivity contribution in [2.75, 3.05) is 6.54 Å². The quantitative estimate of drug-likeness (QED) is 0.910. The van der Waals surface area contributed by atoms with Gasteiger partial charge in [0.15, 0.2) is 0 Å². The number of furan rings is 1. The van der Waals surface area contributed by atoms with Crippen LogP contribution in [0.3, 0.4) is 0 Å². The molecule has 2 rings (SSSR count). The molecule has 2 heterocycles. The lowest BCUT2D eigenvalue weighted by Crippen LogP contribution is -2.37. The van der Waals surface area contributed by atoms with Gasteiger partial charge in [0.05, 0.1) is 6.54 Å². The van der Waals surface area contributed by atoms with Crippen molar-refractivity contribution in [3.8, 4) is 11.3 Å². The molecule has 0 aromatic carbocycles. The van der Waals surface area contributed by atoms with Crippen molar-refractivity contribution in [1.82, 2.24) is 5.32 Å². The maximum absolute atomic E-state index is 11.7. The molecule has 1 atom stereocenters. The molecule has 1 amide bonds. The Morgan fingerprint density at radius 3 is 2.75 bits per heavy atom. The van der Waals surface area contributed by atoms with Crippen LogP contribution < -0.4 is 5.32 Å². The molecular formula is C15H19NO3S. The normalized spacial score (nSPS) is 13.2. The maximum atomic E-state index is 11.7. The second-order valence-electron chi connectivity index (χ2n) is 5.69. The Kier molecular flexibility index (Phi) is 4.30. The van der Waals surface area contributed by atoms with Gasteiger partial charge in [0, 0.05) is 16.4 Å². The van der Waals surface area contributed by atoms with Gasteiger partial charge in [0.25, 0.3) is 0 Å². The van der Waals surface area contributed by atoms with E-state index in [-0.39, 0.29) is 12.5 Å². The van der Waals surface area contributed by atoms with Crippen molar-refractivity contribution in [3.05, 3.63) is 34.7 Å². The van der Waals surface area contributed by atoms with E-state index in [0.29, 0.717) is 5.76 Å². The molecule has 0 radical (unpaired) electrons. The van der Waals surface area contributed by atoms with Crippen molar-refractivity contribution >= 4 is 17.2 Å². The highest BCUT2D eigenvalue weighted by atomic mass is 32.1. The zero-order valence-electron chi connectivity index (χ0n) is 11.8. The molecule has 2 aromatic rings. The van der Waals surface area contributed by atoms with E-state index < -0.39 is 11.5 Å². The molecule has 0 unspecified atom stereocenters. The van der Waals surface area contributed by atoms with Crippen LogP contribution in [0.5, 0.6) is 0 Å². The van der Waals surface area contributed by atoms with Crippen LogP contribution in [0.2, 0.25) is 0 Å². The van der Waals surface area contributed by atoms with Crippen molar-refractivity contribution < 1.29 is 14.3 Å². The van der Waals surface area contributed by atoms with E-state index >= 15 is 0 Å². The number of amides is 1. The van der Waals surface area contributed by atoms with E-state index in [4.69, 9.17) is 4.42 Å².